The van der Waals surface area contributed by atoms with Gasteiger partial charge in [-0.2, -0.15) is 0 Å². The molecule has 0 aliphatic rings. The van der Waals surface area contributed by atoms with Crippen molar-refractivity contribution in [3.8, 4) is 0 Å². The van der Waals surface area contributed by atoms with E-state index < -0.39 is 15.9 Å². The van der Waals surface area contributed by atoms with Crippen molar-refractivity contribution in [2.45, 2.75) is 24.8 Å². The van der Waals surface area contributed by atoms with E-state index in [0.29, 0.717) is 16.3 Å². The van der Waals surface area contributed by atoms with Gasteiger partial charge in [-0.05, 0) is 67.8 Å². The maximum Gasteiger partial charge on any atom is 0.265 e. The van der Waals surface area contributed by atoms with Crippen molar-refractivity contribution < 1.29 is 18.0 Å². The molecule has 3 aromatic rings. The van der Waals surface area contributed by atoms with Gasteiger partial charge in [-0.15, -0.1) is 11.3 Å². The third kappa shape index (κ3) is 5.53. The van der Waals surface area contributed by atoms with Crippen molar-refractivity contribution in [2.75, 3.05) is 10.6 Å². The SMILES string of the molecule is CC(C)NS(=O)(=O)c1cccc(C(=O)Nc2ccc(NC(=O)c3cccs3)cc2)c1. The second kappa shape index (κ2) is 9.21. The summed E-state index contributed by atoms with van der Waals surface area (Å²) in [6, 6.07) is 15.8. The Morgan fingerprint density at radius 1 is 0.867 bits per heavy atom. The molecular formula is C21H21N3O4S2. The molecular weight excluding hydrogens is 422 g/mol. The van der Waals surface area contributed by atoms with Crippen LogP contribution < -0.4 is 15.4 Å². The van der Waals surface area contributed by atoms with Gasteiger partial charge >= 0.3 is 0 Å². The van der Waals surface area contributed by atoms with Gasteiger partial charge in [0.1, 0.15) is 0 Å². The Kier molecular flexibility index (Phi) is 6.66. The van der Waals surface area contributed by atoms with Gasteiger partial charge in [0, 0.05) is 23.0 Å². The number of hydrogen-bond acceptors (Lipinski definition) is 5. The summed E-state index contributed by atoms with van der Waals surface area (Å²) in [4.78, 5) is 25.2. The van der Waals surface area contributed by atoms with Gasteiger partial charge in [0.25, 0.3) is 11.8 Å². The summed E-state index contributed by atoms with van der Waals surface area (Å²) in [6.45, 7) is 3.45. The Morgan fingerprint density at radius 2 is 1.50 bits per heavy atom. The summed E-state index contributed by atoms with van der Waals surface area (Å²) in [5, 5.41) is 7.33. The standard InChI is InChI=1S/C21H21N3O4S2/c1-14(2)24-30(27,28)18-6-3-5-15(13-18)20(25)22-16-8-10-17(11-9-16)23-21(26)19-7-4-12-29-19/h3-14,24H,1-2H3,(H,22,25)(H,23,26). The molecule has 0 saturated heterocycles. The number of carbonyl (C=O) groups excluding carboxylic acids is 2. The minimum atomic E-state index is -3.69. The summed E-state index contributed by atoms with van der Waals surface area (Å²) in [7, 11) is -3.69. The molecule has 1 aromatic heterocycles. The molecule has 0 atom stereocenters. The number of carbonyl (C=O) groups is 2. The molecule has 0 bridgehead atoms. The lowest BCUT2D eigenvalue weighted by molar-refractivity contribution is 0.102. The highest BCUT2D eigenvalue weighted by molar-refractivity contribution is 7.89. The molecule has 156 valence electrons. The second-order valence-electron chi connectivity index (χ2n) is 6.77. The van der Waals surface area contributed by atoms with Crippen molar-refractivity contribution in [1.82, 2.24) is 4.72 Å². The molecule has 2 amide bonds. The number of sulfonamides is 1. The highest BCUT2D eigenvalue weighted by Crippen LogP contribution is 2.18. The number of amides is 2. The minimum absolute atomic E-state index is 0.0236. The molecule has 0 unspecified atom stereocenters. The zero-order valence-corrected chi connectivity index (χ0v) is 18.0. The fourth-order valence-electron chi connectivity index (χ4n) is 2.62. The second-order valence-corrected chi connectivity index (χ2v) is 9.43. The molecule has 9 heteroatoms. The highest BCUT2D eigenvalue weighted by Gasteiger charge is 2.17. The fourth-order valence-corrected chi connectivity index (χ4v) is 4.54. The molecule has 0 radical (unpaired) electrons. The van der Waals surface area contributed by atoms with Gasteiger partial charge in [0.2, 0.25) is 10.0 Å². The van der Waals surface area contributed by atoms with Crippen molar-refractivity contribution in [2.24, 2.45) is 0 Å². The van der Waals surface area contributed by atoms with E-state index in [2.05, 4.69) is 15.4 Å². The highest BCUT2D eigenvalue weighted by atomic mass is 32.2. The van der Waals surface area contributed by atoms with Crippen LogP contribution in [-0.2, 0) is 10.0 Å². The van der Waals surface area contributed by atoms with Crippen LogP contribution in [0.15, 0.2) is 70.9 Å². The summed E-state index contributed by atoms with van der Waals surface area (Å²) < 4.78 is 27.1. The Bertz CT molecular complexity index is 1140. The van der Waals surface area contributed by atoms with E-state index in [4.69, 9.17) is 0 Å². The maximum atomic E-state index is 12.5. The molecule has 0 spiro atoms. The molecule has 0 fully saturated rings. The molecule has 0 saturated carbocycles. The van der Waals surface area contributed by atoms with Crippen LogP contribution in [0, 0.1) is 0 Å². The molecule has 30 heavy (non-hydrogen) atoms. The molecule has 3 N–H and O–H groups in total. The van der Waals surface area contributed by atoms with Crippen LogP contribution in [-0.4, -0.2) is 26.3 Å². The van der Waals surface area contributed by atoms with Gasteiger partial charge in [0.05, 0.1) is 9.77 Å². The molecule has 0 aliphatic heterocycles. The Morgan fingerprint density at radius 3 is 2.07 bits per heavy atom. The number of thiophene rings is 1. The lowest BCUT2D eigenvalue weighted by atomic mass is 10.2. The zero-order chi connectivity index (χ0) is 21.7. The fraction of sp³-hybridized carbons (Fsp3) is 0.143. The van der Waals surface area contributed by atoms with E-state index in [1.54, 1.807) is 56.3 Å². The van der Waals surface area contributed by atoms with E-state index >= 15 is 0 Å². The zero-order valence-electron chi connectivity index (χ0n) is 16.4. The first-order valence-corrected chi connectivity index (χ1v) is 11.5. The van der Waals surface area contributed by atoms with Crippen LogP contribution in [0.2, 0.25) is 0 Å². The van der Waals surface area contributed by atoms with E-state index in [-0.39, 0.29) is 22.4 Å². The van der Waals surface area contributed by atoms with Crippen LogP contribution in [0.5, 0.6) is 0 Å². The predicted molar refractivity (Wildman–Crippen MR) is 119 cm³/mol. The molecule has 7 nitrogen and oxygen atoms in total. The number of anilines is 2. The summed E-state index contributed by atoms with van der Waals surface area (Å²) in [5.74, 6) is -0.637. The smallest absolute Gasteiger partial charge is 0.265 e. The average Bonchev–Trinajstić information content (AvgIpc) is 3.24. The van der Waals surface area contributed by atoms with Crippen molar-refractivity contribution in [3.63, 3.8) is 0 Å². The van der Waals surface area contributed by atoms with Crippen LogP contribution in [0.3, 0.4) is 0 Å². The van der Waals surface area contributed by atoms with Gasteiger partial charge < -0.3 is 10.6 Å². The maximum absolute atomic E-state index is 12.5. The van der Waals surface area contributed by atoms with Crippen molar-refractivity contribution in [3.05, 3.63) is 76.5 Å². The summed E-state index contributed by atoms with van der Waals surface area (Å²) >= 11 is 1.35. The number of rotatable bonds is 7. The average molecular weight is 444 g/mol. The number of hydrogen-bond donors (Lipinski definition) is 3. The molecule has 1 heterocycles. The third-order valence-corrected chi connectivity index (χ3v) is 6.47. The van der Waals surface area contributed by atoms with Crippen LogP contribution in [0.4, 0.5) is 11.4 Å². The van der Waals surface area contributed by atoms with Crippen molar-refractivity contribution >= 4 is 44.5 Å². The van der Waals surface area contributed by atoms with Gasteiger partial charge in [-0.25, -0.2) is 13.1 Å². The quantitative estimate of drug-likeness (QED) is 0.514. The Balaban J connectivity index is 1.67. The van der Waals surface area contributed by atoms with E-state index in [1.165, 1.54) is 29.5 Å². The van der Waals surface area contributed by atoms with Gasteiger partial charge in [-0.1, -0.05) is 12.1 Å². The molecule has 2 aromatic carbocycles. The van der Waals surface area contributed by atoms with E-state index in [1.807, 2.05) is 5.38 Å². The Hall–Kier alpha value is -3.01. The van der Waals surface area contributed by atoms with Gasteiger partial charge in [0.15, 0.2) is 0 Å². The van der Waals surface area contributed by atoms with Crippen LogP contribution >= 0.6 is 11.3 Å². The lowest BCUT2D eigenvalue weighted by Gasteiger charge is -2.11. The Labute approximate surface area is 179 Å². The monoisotopic (exact) mass is 443 g/mol. The summed E-state index contributed by atoms with van der Waals surface area (Å²) in [5.41, 5.74) is 1.33. The first-order chi connectivity index (χ1) is 14.2. The first-order valence-electron chi connectivity index (χ1n) is 9.13. The van der Waals surface area contributed by atoms with Crippen LogP contribution in [0.1, 0.15) is 33.9 Å². The van der Waals surface area contributed by atoms with Crippen LogP contribution in [0.25, 0.3) is 0 Å². The normalized spacial score (nSPS) is 11.3. The molecule has 3 rings (SSSR count). The first kappa shape index (κ1) is 21.7. The number of nitrogens with one attached hydrogen (secondary N) is 3. The largest absolute Gasteiger partial charge is 0.322 e. The van der Waals surface area contributed by atoms with Crippen molar-refractivity contribution in [1.29, 1.82) is 0 Å². The lowest BCUT2D eigenvalue weighted by Crippen LogP contribution is -2.30. The van der Waals surface area contributed by atoms with E-state index in [0.717, 1.165) is 0 Å². The van der Waals surface area contributed by atoms with E-state index in [9.17, 15) is 18.0 Å². The molecule has 0 aliphatic carbocycles. The van der Waals surface area contributed by atoms with Gasteiger partial charge in [-0.3, -0.25) is 9.59 Å². The topological polar surface area (TPSA) is 104 Å². The summed E-state index contributed by atoms with van der Waals surface area (Å²) in [6.07, 6.45) is 0. The number of benzene rings is 2. The minimum Gasteiger partial charge on any atom is -0.322 e. The third-order valence-electron chi connectivity index (χ3n) is 3.94. The predicted octanol–water partition coefficient (Wildman–Crippen LogP) is 3.94.